The molecule has 114 valence electrons. The molecule has 1 aliphatic carbocycles. The molecule has 8 heteroatoms. The molecule has 0 bridgehead atoms. The van der Waals surface area contributed by atoms with Gasteiger partial charge in [-0.1, -0.05) is 0 Å². The van der Waals surface area contributed by atoms with Crippen LogP contribution in [0.5, 0.6) is 5.88 Å². The van der Waals surface area contributed by atoms with E-state index in [0.717, 1.165) is 0 Å². The minimum Gasteiger partial charge on any atom is -0.481 e. The zero-order chi connectivity index (χ0) is 15.4. The third-order valence-corrected chi connectivity index (χ3v) is 3.38. The molecule has 2 unspecified atom stereocenters. The molecular weight excluding hydrogens is 276 g/mol. The highest BCUT2D eigenvalue weighted by molar-refractivity contribution is 5.87. The Balaban J connectivity index is 1.90. The number of rotatable bonds is 4. The number of carboxylic acids is 1. The molecule has 1 aromatic rings. The van der Waals surface area contributed by atoms with Crippen molar-refractivity contribution in [1.82, 2.24) is 15.3 Å². The first-order valence-corrected chi connectivity index (χ1v) is 6.68. The van der Waals surface area contributed by atoms with Crippen LogP contribution in [0, 0.1) is 12.8 Å². The third-order valence-electron chi connectivity index (χ3n) is 3.38. The minimum atomic E-state index is -0.813. The topological polar surface area (TPSA) is 113 Å². The maximum absolute atomic E-state index is 11.9. The summed E-state index contributed by atoms with van der Waals surface area (Å²) in [5, 5.41) is 14.2. The Morgan fingerprint density at radius 2 is 2.14 bits per heavy atom. The summed E-state index contributed by atoms with van der Waals surface area (Å²) in [5.74, 6) is -0.682. The summed E-state index contributed by atoms with van der Waals surface area (Å²) in [6.45, 7) is 1.77. The highest BCUT2D eigenvalue weighted by Crippen LogP contribution is 2.25. The van der Waals surface area contributed by atoms with Gasteiger partial charge in [-0.05, 0) is 26.2 Å². The first-order chi connectivity index (χ1) is 9.97. The fourth-order valence-electron chi connectivity index (χ4n) is 2.36. The van der Waals surface area contributed by atoms with E-state index in [0.29, 0.717) is 30.8 Å². The van der Waals surface area contributed by atoms with Crippen molar-refractivity contribution in [1.29, 1.82) is 0 Å². The molecule has 0 radical (unpaired) electrons. The molecule has 0 aromatic carbocycles. The van der Waals surface area contributed by atoms with Gasteiger partial charge in [-0.25, -0.2) is 9.78 Å². The van der Waals surface area contributed by atoms with E-state index < -0.39 is 12.0 Å². The number of urea groups is 1. The number of hydrogen-bond acceptors (Lipinski definition) is 5. The summed E-state index contributed by atoms with van der Waals surface area (Å²) in [4.78, 5) is 30.8. The number of ether oxygens (including phenoxy) is 1. The van der Waals surface area contributed by atoms with Crippen molar-refractivity contribution in [3.63, 3.8) is 0 Å². The summed E-state index contributed by atoms with van der Waals surface area (Å²) >= 11 is 0. The van der Waals surface area contributed by atoms with E-state index in [2.05, 4.69) is 20.6 Å². The normalized spacial score (nSPS) is 20.9. The first-order valence-electron chi connectivity index (χ1n) is 6.68. The van der Waals surface area contributed by atoms with Crippen LogP contribution in [0.4, 0.5) is 10.7 Å². The van der Waals surface area contributed by atoms with Crippen LogP contribution in [-0.2, 0) is 4.79 Å². The van der Waals surface area contributed by atoms with Gasteiger partial charge in [0.05, 0.1) is 13.0 Å². The standard InChI is InChI=1S/C13H18N4O4/c1-7-5-10(21-2)16-12(14-7)17-13(20)15-9-4-3-8(6-9)11(18)19/h5,8-9H,3-4,6H2,1-2H3,(H,18,19)(H2,14,15,16,17,20). The number of aryl methyl sites for hydroxylation is 1. The van der Waals surface area contributed by atoms with Gasteiger partial charge in [-0.2, -0.15) is 4.98 Å². The predicted molar refractivity (Wildman–Crippen MR) is 74.2 cm³/mol. The summed E-state index contributed by atoms with van der Waals surface area (Å²) in [6, 6.07) is 1.06. The number of anilines is 1. The number of amides is 2. The van der Waals surface area contributed by atoms with Crippen LogP contribution in [0.2, 0.25) is 0 Å². The lowest BCUT2D eigenvalue weighted by Crippen LogP contribution is -2.37. The Hall–Kier alpha value is -2.38. The van der Waals surface area contributed by atoms with Crippen LogP contribution >= 0.6 is 0 Å². The Morgan fingerprint density at radius 3 is 2.76 bits per heavy atom. The highest BCUT2D eigenvalue weighted by Gasteiger charge is 2.30. The number of aromatic nitrogens is 2. The monoisotopic (exact) mass is 294 g/mol. The lowest BCUT2D eigenvalue weighted by atomic mass is 10.1. The average Bonchev–Trinajstić information content (AvgIpc) is 2.86. The zero-order valence-corrected chi connectivity index (χ0v) is 11.9. The summed E-state index contributed by atoms with van der Waals surface area (Å²) in [7, 11) is 1.48. The van der Waals surface area contributed by atoms with E-state index in [4.69, 9.17) is 9.84 Å². The smallest absolute Gasteiger partial charge is 0.321 e. The Bertz CT molecular complexity index is 549. The molecule has 1 heterocycles. The number of hydrogen-bond donors (Lipinski definition) is 3. The van der Waals surface area contributed by atoms with Crippen LogP contribution in [0.1, 0.15) is 25.0 Å². The van der Waals surface area contributed by atoms with Crippen LogP contribution in [0.25, 0.3) is 0 Å². The van der Waals surface area contributed by atoms with Crippen LogP contribution in [-0.4, -0.2) is 40.2 Å². The van der Waals surface area contributed by atoms with Crippen LogP contribution in [0.15, 0.2) is 6.07 Å². The molecule has 0 aliphatic heterocycles. The quantitative estimate of drug-likeness (QED) is 0.768. The summed E-state index contributed by atoms with van der Waals surface area (Å²) < 4.78 is 5.00. The SMILES string of the molecule is COc1cc(C)nc(NC(=O)NC2CCC(C(=O)O)C2)n1. The molecule has 0 saturated heterocycles. The Labute approximate surface area is 121 Å². The number of carboxylic acid groups (broad SMARTS) is 1. The van der Waals surface area contributed by atoms with Crippen molar-refractivity contribution in [3.05, 3.63) is 11.8 Å². The molecule has 0 spiro atoms. The van der Waals surface area contributed by atoms with E-state index in [-0.39, 0.29) is 17.9 Å². The molecule has 8 nitrogen and oxygen atoms in total. The number of carbonyl (C=O) groups excluding carboxylic acids is 1. The van der Waals surface area contributed by atoms with Crippen molar-refractivity contribution >= 4 is 17.9 Å². The maximum atomic E-state index is 11.9. The second kappa shape index (κ2) is 6.38. The zero-order valence-electron chi connectivity index (χ0n) is 11.9. The van der Waals surface area contributed by atoms with E-state index in [9.17, 15) is 9.59 Å². The average molecular weight is 294 g/mol. The van der Waals surface area contributed by atoms with Gasteiger partial charge in [0, 0.05) is 17.8 Å². The van der Waals surface area contributed by atoms with Gasteiger partial charge in [-0.15, -0.1) is 0 Å². The second-order valence-corrected chi connectivity index (χ2v) is 5.02. The molecule has 21 heavy (non-hydrogen) atoms. The molecule has 1 saturated carbocycles. The number of carbonyl (C=O) groups is 2. The lowest BCUT2D eigenvalue weighted by Gasteiger charge is -2.13. The molecule has 3 N–H and O–H groups in total. The van der Waals surface area contributed by atoms with Crippen LogP contribution < -0.4 is 15.4 Å². The molecule has 2 atom stereocenters. The number of nitrogens with zero attached hydrogens (tertiary/aromatic N) is 2. The number of aliphatic carboxylic acids is 1. The van der Waals surface area contributed by atoms with Gasteiger partial charge in [0.25, 0.3) is 0 Å². The third kappa shape index (κ3) is 4.04. The van der Waals surface area contributed by atoms with Gasteiger partial charge in [0.15, 0.2) is 0 Å². The van der Waals surface area contributed by atoms with E-state index in [1.54, 1.807) is 13.0 Å². The van der Waals surface area contributed by atoms with Crippen LogP contribution in [0.3, 0.4) is 0 Å². The van der Waals surface area contributed by atoms with Gasteiger partial charge in [0.2, 0.25) is 11.8 Å². The Morgan fingerprint density at radius 1 is 1.38 bits per heavy atom. The summed E-state index contributed by atoms with van der Waals surface area (Å²) in [6.07, 6.45) is 1.68. The van der Waals surface area contributed by atoms with Crippen molar-refractivity contribution in [2.24, 2.45) is 5.92 Å². The molecule has 2 amide bonds. The second-order valence-electron chi connectivity index (χ2n) is 5.02. The first kappa shape index (κ1) is 15.0. The highest BCUT2D eigenvalue weighted by atomic mass is 16.5. The predicted octanol–water partition coefficient (Wildman–Crippen LogP) is 1.17. The molecule has 2 rings (SSSR count). The number of methoxy groups -OCH3 is 1. The van der Waals surface area contributed by atoms with Gasteiger partial charge in [-0.3, -0.25) is 10.1 Å². The molecule has 1 aliphatic rings. The Kier molecular flexibility index (Phi) is 4.56. The fourth-order valence-corrected chi connectivity index (χ4v) is 2.36. The fraction of sp³-hybridized carbons (Fsp3) is 0.538. The van der Waals surface area contributed by atoms with Crippen molar-refractivity contribution in [3.8, 4) is 5.88 Å². The summed E-state index contributed by atoms with van der Waals surface area (Å²) in [5.41, 5.74) is 0.670. The molecular formula is C13H18N4O4. The molecule has 1 fully saturated rings. The van der Waals surface area contributed by atoms with E-state index in [1.165, 1.54) is 7.11 Å². The van der Waals surface area contributed by atoms with Crippen molar-refractivity contribution < 1.29 is 19.4 Å². The van der Waals surface area contributed by atoms with Crippen molar-refractivity contribution in [2.45, 2.75) is 32.2 Å². The van der Waals surface area contributed by atoms with Gasteiger partial charge < -0.3 is 15.2 Å². The van der Waals surface area contributed by atoms with E-state index >= 15 is 0 Å². The minimum absolute atomic E-state index is 0.141. The maximum Gasteiger partial charge on any atom is 0.321 e. The number of nitrogens with one attached hydrogen (secondary N) is 2. The van der Waals surface area contributed by atoms with Crippen molar-refractivity contribution in [2.75, 3.05) is 12.4 Å². The lowest BCUT2D eigenvalue weighted by molar-refractivity contribution is -0.141. The van der Waals surface area contributed by atoms with E-state index in [1.807, 2.05) is 0 Å². The van der Waals surface area contributed by atoms with Gasteiger partial charge in [0.1, 0.15) is 0 Å². The molecule has 1 aromatic heterocycles. The van der Waals surface area contributed by atoms with Gasteiger partial charge >= 0.3 is 12.0 Å². The largest absolute Gasteiger partial charge is 0.481 e.